The number of nitrogens with one attached hydrogen (secondary N) is 2. The molecule has 0 bridgehead atoms. The largest absolute Gasteiger partial charge is 0.505 e. The lowest BCUT2D eigenvalue weighted by Crippen LogP contribution is -2.35. The molecule has 0 atom stereocenters. The molecule has 0 radical (unpaired) electrons. The average molecular weight is 403 g/mol. The number of aromatic hydroxyl groups is 1. The van der Waals surface area contributed by atoms with Crippen molar-refractivity contribution in [1.29, 1.82) is 0 Å². The second-order valence-corrected chi connectivity index (χ2v) is 6.00. The summed E-state index contributed by atoms with van der Waals surface area (Å²) in [6, 6.07) is 11.1. The van der Waals surface area contributed by atoms with E-state index in [1.807, 2.05) is 0 Å². The number of para-hydroxylation sites is 2. The van der Waals surface area contributed by atoms with Crippen LogP contribution in [0.15, 0.2) is 56.5 Å². The second-order valence-electron chi connectivity index (χ2n) is 5.14. The molecule has 0 spiro atoms. The van der Waals surface area contributed by atoms with Gasteiger partial charge >= 0.3 is 5.97 Å². The summed E-state index contributed by atoms with van der Waals surface area (Å²) >= 11 is 3.33. The van der Waals surface area contributed by atoms with Gasteiger partial charge in [0, 0.05) is 4.47 Å². The standard InChI is InChI=1S/C17H11BrN2O5/c18-9-5-1-2-6-10(9)19-12-13(16(23)15(12)22)20-11-7-3-4-8(14(11)21)17(24)25/h1-7,19-21H,(H,24,25). The summed E-state index contributed by atoms with van der Waals surface area (Å²) < 4.78 is 0.699. The van der Waals surface area contributed by atoms with Gasteiger partial charge in [-0.25, -0.2) is 4.79 Å². The van der Waals surface area contributed by atoms with Crippen LogP contribution in [0.2, 0.25) is 0 Å². The summed E-state index contributed by atoms with van der Waals surface area (Å²) in [5, 5.41) is 24.5. The minimum absolute atomic E-state index is 0.0159. The second kappa shape index (κ2) is 6.40. The number of hydrogen-bond donors (Lipinski definition) is 4. The first-order valence-electron chi connectivity index (χ1n) is 7.07. The van der Waals surface area contributed by atoms with Crippen LogP contribution in [0.3, 0.4) is 0 Å². The van der Waals surface area contributed by atoms with Crippen LogP contribution in [0.5, 0.6) is 5.75 Å². The van der Waals surface area contributed by atoms with Crippen molar-refractivity contribution in [1.82, 2.24) is 0 Å². The molecule has 0 amide bonds. The number of aromatic carboxylic acids is 1. The molecule has 0 fully saturated rings. The molecule has 0 aliphatic carbocycles. The molecule has 8 heteroatoms. The third kappa shape index (κ3) is 2.99. The topological polar surface area (TPSA) is 116 Å². The maximum Gasteiger partial charge on any atom is 0.339 e. The Bertz CT molecular complexity index is 1050. The Morgan fingerprint density at radius 3 is 2.04 bits per heavy atom. The molecule has 3 rings (SSSR count). The lowest BCUT2D eigenvalue weighted by atomic mass is 10.1. The van der Waals surface area contributed by atoms with Gasteiger partial charge in [0.05, 0.1) is 11.4 Å². The maximum atomic E-state index is 11.9. The monoisotopic (exact) mass is 402 g/mol. The number of carboxylic acid groups (broad SMARTS) is 1. The Kier molecular flexibility index (Phi) is 4.28. The summed E-state index contributed by atoms with van der Waals surface area (Å²) in [4.78, 5) is 34.8. The molecule has 0 aliphatic rings. The van der Waals surface area contributed by atoms with Gasteiger partial charge in [-0.3, -0.25) is 9.59 Å². The Morgan fingerprint density at radius 2 is 1.44 bits per heavy atom. The van der Waals surface area contributed by atoms with E-state index in [1.165, 1.54) is 18.2 Å². The third-order valence-electron chi connectivity index (χ3n) is 3.57. The first-order chi connectivity index (χ1) is 11.9. The zero-order valence-corrected chi connectivity index (χ0v) is 14.1. The maximum absolute atomic E-state index is 11.9. The van der Waals surface area contributed by atoms with Crippen LogP contribution in [0, 0.1) is 0 Å². The zero-order chi connectivity index (χ0) is 18.1. The van der Waals surface area contributed by atoms with Crippen molar-refractivity contribution in [2.75, 3.05) is 10.6 Å². The van der Waals surface area contributed by atoms with Gasteiger partial charge in [0.2, 0.25) is 0 Å². The van der Waals surface area contributed by atoms with E-state index in [0.717, 1.165) is 0 Å². The number of hydrogen-bond acceptors (Lipinski definition) is 6. The smallest absolute Gasteiger partial charge is 0.339 e. The highest BCUT2D eigenvalue weighted by Gasteiger charge is 2.23. The Morgan fingerprint density at radius 1 is 0.880 bits per heavy atom. The lowest BCUT2D eigenvalue weighted by Gasteiger charge is -2.16. The van der Waals surface area contributed by atoms with Crippen molar-refractivity contribution >= 4 is 44.6 Å². The van der Waals surface area contributed by atoms with Gasteiger partial charge in [-0.05, 0) is 40.2 Å². The summed E-state index contributed by atoms with van der Waals surface area (Å²) in [7, 11) is 0. The highest BCUT2D eigenvalue weighted by atomic mass is 79.9. The summed E-state index contributed by atoms with van der Waals surface area (Å²) in [5.41, 5.74) is -1.18. The fourth-order valence-corrected chi connectivity index (χ4v) is 2.66. The van der Waals surface area contributed by atoms with Gasteiger partial charge < -0.3 is 20.8 Å². The molecule has 126 valence electrons. The van der Waals surface area contributed by atoms with E-state index >= 15 is 0 Å². The molecule has 3 aromatic rings. The number of halogens is 1. The fraction of sp³-hybridized carbons (Fsp3) is 0. The highest BCUT2D eigenvalue weighted by Crippen LogP contribution is 2.33. The van der Waals surface area contributed by atoms with E-state index in [-0.39, 0.29) is 22.6 Å². The first kappa shape index (κ1) is 16.7. The number of rotatable bonds is 5. The Labute approximate surface area is 149 Å². The number of phenols is 1. The van der Waals surface area contributed by atoms with Gasteiger partial charge in [-0.1, -0.05) is 18.2 Å². The van der Waals surface area contributed by atoms with Crippen molar-refractivity contribution in [2.45, 2.75) is 0 Å². The predicted molar refractivity (Wildman–Crippen MR) is 97.1 cm³/mol. The van der Waals surface area contributed by atoms with Crippen LogP contribution in [-0.2, 0) is 0 Å². The molecular weight excluding hydrogens is 392 g/mol. The molecule has 0 aromatic heterocycles. The van der Waals surface area contributed by atoms with Gasteiger partial charge in [0.1, 0.15) is 16.9 Å². The van der Waals surface area contributed by atoms with Crippen molar-refractivity contribution in [3.8, 4) is 5.75 Å². The molecular formula is C17H11BrN2O5. The Hall–Kier alpha value is -3.13. The van der Waals surface area contributed by atoms with E-state index in [1.54, 1.807) is 24.3 Å². The minimum Gasteiger partial charge on any atom is -0.505 e. The molecule has 0 aliphatic heterocycles. The van der Waals surface area contributed by atoms with E-state index in [4.69, 9.17) is 5.11 Å². The van der Waals surface area contributed by atoms with E-state index in [9.17, 15) is 19.5 Å². The van der Waals surface area contributed by atoms with Crippen LogP contribution in [0.4, 0.5) is 22.7 Å². The molecule has 0 unspecified atom stereocenters. The highest BCUT2D eigenvalue weighted by molar-refractivity contribution is 9.10. The molecule has 0 saturated heterocycles. The average Bonchev–Trinajstić information content (AvgIpc) is 2.60. The van der Waals surface area contributed by atoms with Crippen molar-refractivity contribution < 1.29 is 15.0 Å². The third-order valence-corrected chi connectivity index (χ3v) is 4.26. The summed E-state index contributed by atoms with van der Waals surface area (Å²) in [6.07, 6.45) is 0. The lowest BCUT2D eigenvalue weighted by molar-refractivity contribution is 0.0694. The van der Waals surface area contributed by atoms with Crippen LogP contribution >= 0.6 is 15.9 Å². The van der Waals surface area contributed by atoms with Crippen molar-refractivity contribution in [3.05, 3.63) is 72.9 Å². The molecule has 25 heavy (non-hydrogen) atoms. The van der Waals surface area contributed by atoms with Gasteiger partial charge in [-0.2, -0.15) is 0 Å². The normalized spacial score (nSPS) is 10.6. The number of carbonyl (C=O) groups is 1. The van der Waals surface area contributed by atoms with Crippen LogP contribution in [-0.4, -0.2) is 16.2 Å². The number of anilines is 4. The number of carboxylic acids is 1. The van der Waals surface area contributed by atoms with Gasteiger partial charge in [0.25, 0.3) is 10.9 Å². The molecule has 7 nitrogen and oxygen atoms in total. The van der Waals surface area contributed by atoms with Crippen LogP contribution in [0.25, 0.3) is 0 Å². The van der Waals surface area contributed by atoms with Gasteiger partial charge in [-0.15, -0.1) is 0 Å². The van der Waals surface area contributed by atoms with E-state index in [0.29, 0.717) is 10.2 Å². The van der Waals surface area contributed by atoms with Crippen molar-refractivity contribution in [2.24, 2.45) is 0 Å². The zero-order valence-electron chi connectivity index (χ0n) is 12.5. The van der Waals surface area contributed by atoms with Crippen molar-refractivity contribution in [3.63, 3.8) is 0 Å². The van der Waals surface area contributed by atoms with Gasteiger partial charge in [0.15, 0.2) is 5.75 Å². The quantitative estimate of drug-likeness (QED) is 0.382. The van der Waals surface area contributed by atoms with E-state index < -0.39 is 22.6 Å². The van der Waals surface area contributed by atoms with Crippen LogP contribution < -0.4 is 21.5 Å². The molecule has 0 heterocycles. The molecule has 4 N–H and O–H groups in total. The fourth-order valence-electron chi connectivity index (χ4n) is 2.28. The molecule has 3 aromatic carbocycles. The number of benzene rings is 2. The van der Waals surface area contributed by atoms with E-state index in [2.05, 4.69) is 26.6 Å². The van der Waals surface area contributed by atoms with Crippen LogP contribution in [0.1, 0.15) is 10.4 Å². The first-order valence-corrected chi connectivity index (χ1v) is 7.86. The Balaban J connectivity index is 1.96. The predicted octanol–water partition coefficient (Wildman–Crippen LogP) is 2.94. The minimum atomic E-state index is -1.31. The summed E-state index contributed by atoms with van der Waals surface area (Å²) in [6.45, 7) is 0. The summed E-state index contributed by atoms with van der Waals surface area (Å²) in [5.74, 6) is -1.83. The molecule has 0 saturated carbocycles. The SMILES string of the molecule is O=C(O)c1cccc(Nc2c(Nc3ccccc3Br)c(=O)c2=O)c1O.